The van der Waals surface area contributed by atoms with Gasteiger partial charge in [0.25, 0.3) is 0 Å². The van der Waals surface area contributed by atoms with E-state index >= 15 is 0 Å². The number of carbonyl (C=O) groups is 1. The average molecular weight is 273 g/mol. The average Bonchev–Trinajstić information content (AvgIpc) is 2.67. The Morgan fingerprint density at radius 2 is 2.00 bits per heavy atom. The lowest BCUT2D eigenvalue weighted by Gasteiger charge is -2.28. The standard InChI is InChI=1S/C16H23N3O/c1-10-5-11(2)17-15(6-10)19-16(20)9-12-7-13-3-4-14(8-12)18-13/h5-6,12-14,18H,3-4,7-9H2,1-2H3,(H,17,19,20). The lowest BCUT2D eigenvalue weighted by Crippen LogP contribution is -2.39. The van der Waals surface area contributed by atoms with Crippen LogP contribution >= 0.6 is 0 Å². The zero-order valence-electron chi connectivity index (χ0n) is 12.3. The fourth-order valence-corrected chi connectivity index (χ4v) is 3.70. The van der Waals surface area contributed by atoms with Crippen LogP contribution in [0.25, 0.3) is 0 Å². The first-order valence-electron chi connectivity index (χ1n) is 7.59. The molecule has 0 aliphatic carbocycles. The summed E-state index contributed by atoms with van der Waals surface area (Å²) in [6, 6.07) is 5.23. The van der Waals surface area contributed by atoms with Crippen molar-refractivity contribution >= 4 is 11.7 Å². The topological polar surface area (TPSA) is 54.0 Å². The van der Waals surface area contributed by atoms with Gasteiger partial charge in [0.05, 0.1) is 0 Å². The van der Waals surface area contributed by atoms with Gasteiger partial charge in [-0.2, -0.15) is 0 Å². The van der Waals surface area contributed by atoms with Gasteiger partial charge in [-0.25, -0.2) is 4.98 Å². The maximum Gasteiger partial charge on any atom is 0.225 e. The maximum absolute atomic E-state index is 12.2. The molecule has 0 aromatic carbocycles. The molecule has 0 saturated carbocycles. The van der Waals surface area contributed by atoms with E-state index < -0.39 is 0 Å². The van der Waals surface area contributed by atoms with Gasteiger partial charge in [0, 0.05) is 24.2 Å². The molecule has 2 unspecified atom stereocenters. The van der Waals surface area contributed by atoms with Gasteiger partial charge in [-0.05, 0) is 63.1 Å². The number of nitrogens with zero attached hydrogens (tertiary/aromatic N) is 1. The zero-order chi connectivity index (χ0) is 14.1. The Labute approximate surface area is 120 Å². The van der Waals surface area contributed by atoms with Crippen LogP contribution in [-0.2, 0) is 4.79 Å². The normalized spacial score (nSPS) is 28.4. The number of rotatable bonds is 3. The number of pyridine rings is 1. The van der Waals surface area contributed by atoms with Gasteiger partial charge >= 0.3 is 0 Å². The van der Waals surface area contributed by atoms with Crippen LogP contribution in [0, 0.1) is 19.8 Å². The minimum atomic E-state index is 0.105. The van der Waals surface area contributed by atoms with E-state index in [9.17, 15) is 4.79 Å². The van der Waals surface area contributed by atoms with Crippen LogP contribution in [0.15, 0.2) is 12.1 Å². The number of hydrogen-bond donors (Lipinski definition) is 2. The molecule has 2 atom stereocenters. The van der Waals surface area contributed by atoms with Crippen LogP contribution in [0.5, 0.6) is 0 Å². The minimum Gasteiger partial charge on any atom is -0.311 e. The van der Waals surface area contributed by atoms with Crippen LogP contribution in [0.4, 0.5) is 5.82 Å². The van der Waals surface area contributed by atoms with Gasteiger partial charge in [0.15, 0.2) is 0 Å². The van der Waals surface area contributed by atoms with E-state index in [1.165, 1.54) is 12.8 Å². The fraction of sp³-hybridized carbons (Fsp3) is 0.625. The van der Waals surface area contributed by atoms with Gasteiger partial charge in [-0.1, -0.05) is 0 Å². The first kappa shape index (κ1) is 13.6. The van der Waals surface area contributed by atoms with Crippen molar-refractivity contribution in [1.29, 1.82) is 0 Å². The molecular weight excluding hydrogens is 250 g/mol. The third-order valence-corrected chi connectivity index (χ3v) is 4.41. The van der Waals surface area contributed by atoms with E-state index in [0.29, 0.717) is 30.2 Å². The Balaban J connectivity index is 1.57. The minimum absolute atomic E-state index is 0.105. The van der Waals surface area contributed by atoms with Gasteiger partial charge < -0.3 is 10.6 Å². The molecule has 108 valence electrons. The number of aryl methyl sites for hydroxylation is 2. The molecule has 4 heteroatoms. The van der Waals surface area contributed by atoms with E-state index in [0.717, 1.165) is 24.1 Å². The van der Waals surface area contributed by atoms with Crippen molar-refractivity contribution in [2.75, 3.05) is 5.32 Å². The number of piperidine rings is 1. The molecular formula is C16H23N3O. The SMILES string of the molecule is Cc1cc(C)nc(NC(=O)CC2CC3CCC(C2)N3)c1. The number of amides is 1. The third-order valence-electron chi connectivity index (χ3n) is 4.41. The quantitative estimate of drug-likeness (QED) is 0.890. The highest BCUT2D eigenvalue weighted by molar-refractivity contribution is 5.90. The van der Waals surface area contributed by atoms with E-state index in [1.54, 1.807) is 0 Å². The maximum atomic E-state index is 12.2. The highest BCUT2D eigenvalue weighted by Crippen LogP contribution is 2.32. The first-order valence-corrected chi connectivity index (χ1v) is 7.59. The van der Waals surface area contributed by atoms with Crippen molar-refractivity contribution < 1.29 is 4.79 Å². The van der Waals surface area contributed by atoms with E-state index in [2.05, 4.69) is 15.6 Å². The molecule has 1 amide bonds. The Morgan fingerprint density at radius 3 is 2.65 bits per heavy atom. The number of hydrogen-bond acceptors (Lipinski definition) is 3. The van der Waals surface area contributed by atoms with E-state index in [1.807, 2.05) is 26.0 Å². The smallest absolute Gasteiger partial charge is 0.225 e. The number of fused-ring (bicyclic) bond motifs is 2. The van der Waals surface area contributed by atoms with Crippen molar-refractivity contribution in [2.45, 2.75) is 58.0 Å². The highest BCUT2D eigenvalue weighted by Gasteiger charge is 2.34. The molecule has 2 fully saturated rings. The molecule has 2 N–H and O–H groups in total. The van der Waals surface area contributed by atoms with Crippen LogP contribution in [0.3, 0.4) is 0 Å². The molecule has 4 nitrogen and oxygen atoms in total. The van der Waals surface area contributed by atoms with Crippen LogP contribution < -0.4 is 10.6 Å². The summed E-state index contributed by atoms with van der Waals surface area (Å²) < 4.78 is 0. The summed E-state index contributed by atoms with van der Waals surface area (Å²) in [5, 5.41) is 6.56. The monoisotopic (exact) mass is 273 g/mol. The molecule has 1 aromatic rings. The summed E-state index contributed by atoms with van der Waals surface area (Å²) in [6.45, 7) is 3.97. The molecule has 2 aliphatic heterocycles. The van der Waals surface area contributed by atoms with Crippen LogP contribution in [-0.4, -0.2) is 23.0 Å². The second-order valence-electron chi connectivity index (χ2n) is 6.40. The predicted octanol–water partition coefficient (Wildman–Crippen LogP) is 2.56. The van der Waals surface area contributed by atoms with Crippen LogP contribution in [0.2, 0.25) is 0 Å². The molecule has 3 heterocycles. The third kappa shape index (κ3) is 3.18. The summed E-state index contributed by atoms with van der Waals surface area (Å²) in [7, 11) is 0. The molecule has 2 bridgehead atoms. The van der Waals surface area contributed by atoms with Gasteiger partial charge in [0.1, 0.15) is 5.82 Å². The summed E-state index contributed by atoms with van der Waals surface area (Å²) in [6.07, 6.45) is 5.47. The zero-order valence-corrected chi connectivity index (χ0v) is 12.3. The second kappa shape index (κ2) is 5.52. The summed E-state index contributed by atoms with van der Waals surface area (Å²) in [5.74, 6) is 1.32. The number of anilines is 1. The fourth-order valence-electron chi connectivity index (χ4n) is 3.70. The van der Waals surface area contributed by atoms with Crippen molar-refractivity contribution in [1.82, 2.24) is 10.3 Å². The molecule has 3 rings (SSSR count). The van der Waals surface area contributed by atoms with Crippen molar-refractivity contribution in [3.05, 3.63) is 23.4 Å². The molecule has 0 spiro atoms. The van der Waals surface area contributed by atoms with Gasteiger partial charge in [-0.15, -0.1) is 0 Å². The number of aromatic nitrogens is 1. The Bertz CT molecular complexity index is 482. The number of carbonyl (C=O) groups excluding carboxylic acids is 1. The van der Waals surface area contributed by atoms with E-state index in [4.69, 9.17) is 0 Å². The largest absolute Gasteiger partial charge is 0.311 e. The lowest BCUT2D eigenvalue weighted by atomic mass is 9.89. The Kier molecular flexibility index (Phi) is 3.74. The molecule has 20 heavy (non-hydrogen) atoms. The van der Waals surface area contributed by atoms with Crippen molar-refractivity contribution in [3.8, 4) is 0 Å². The van der Waals surface area contributed by atoms with Crippen molar-refractivity contribution in [3.63, 3.8) is 0 Å². The Morgan fingerprint density at radius 1 is 1.30 bits per heavy atom. The Hall–Kier alpha value is -1.42. The van der Waals surface area contributed by atoms with Gasteiger partial charge in [0.2, 0.25) is 5.91 Å². The van der Waals surface area contributed by atoms with Crippen LogP contribution in [0.1, 0.15) is 43.4 Å². The highest BCUT2D eigenvalue weighted by atomic mass is 16.1. The first-order chi connectivity index (χ1) is 9.58. The summed E-state index contributed by atoms with van der Waals surface area (Å²) >= 11 is 0. The predicted molar refractivity (Wildman–Crippen MR) is 79.6 cm³/mol. The lowest BCUT2D eigenvalue weighted by molar-refractivity contribution is -0.117. The summed E-state index contributed by atoms with van der Waals surface area (Å²) in [4.78, 5) is 16.5. The van der Waals surface area contributed by atoms with Gasteiger partial charge in [-0.3, -0.25) is 4.79 Å². The molecule has 1 aromatic heterocycles. The molecule has 0 radical (unpaired) electrons. The second-order valence-corrected chi connectivity index (χ2v) is 6.40. The molecule has 2 saturated heterocycles. The van der Waals surface area contributed by atoms with Crippen molar-refractivity contribution in [2.24, 2.45) is 5.92 Å². The number of nitrogens with one attached hydrogen (secondary N) is 2. The van der Waals surface area contributed by atoms with E-state index in [-0.39, 0.29) is 5.91 Å². The molecule has 2 aliphatic rings. The summed E-state index contributed by atoms with van der Waals surface area (Å²) in [5.41, 5.74) is 2.08.